The average Bonchev–Trinajstić information content (AvgIpc) is 3.41. The van der Waals surface area contributed by atoms with E-state index in [-0.39, 0.29) is 25.0 Å². The fourth-order valence-corrected chi connectivity index (χ4v) is 12.3. The van der Waals surface area contributed by atoms with Gasteiger partial charge in [-0.3, -0.25) is 9.69 Å². The number of rotatable bonds is 9. The van der Waals surface area contributed by atoms with E-state index in [0.29, 0.717) is 25.1 Å². The number of ether oxygens (including phenoxy) is 6. The van der Waals surface area contributed by atoms with Gasteiger partial charge in [0.2, 0.25) is 0 Å². The lowest BCUT2D eigenvalue weighted by molar-refractivity contribution is -0.322. The molecule has 0 amide bonds. The number of piperidine rings is 1. The zero-order valence-electron chi connectivity index (χ0n) is 27.3. The second-order valence-electron chi connectivity index (χ2n) is 14.4. The second-order valence-corrected chi connectivity index (χ2v) is 14.4. The Bertz CT molecular complexity index is 1360. The Morgan fingerprint density at radius 1 is 1.00 bits per heavy atom. The van der Waals surface area contributed by atoms with Crippen molar-refractivity contribution < 1.29 is 53.3 Å². The fourth-order valence-electron chi connectivity index (χ4n) is 12.3. The first-order valence-corrected chi connectivity index (χ1v) is 16.3. The van der Waals surface area contributed by atoms with E-state index in [0.717, 1.165) is 0 Å². The van der Waals surface area contributed by atoms with Crippen molar-refractivity contribution >= 4 is 11.9 Å². The zero-order valence-corrected chi connectivity index (χ0v) is 27.3. The number of fused-ring (bicyclic) bond motifs is 2. The number of benzene rings is 1. The van der Waals surface area contributed by atoms with Crippen molar-refractivity contribution in [3.63, 3.8) is 0 Å². The molecule has 0 aromatic heterocycles. The Hall–Kier alpha value is -2.16. The van der Waals surface area contributed by atoms with Gasteiger partial charge in [0, 0.05) is 83.0 Å². The molecule has 1 aliphatic heterocycles. The summed E-state index contributed by atoms with van der Waals surface area (Å²) < 4.78 is 37.4. The molecule has 3 N–H and O–H groups in total. The third-order valence-corrected chi connectivity index (χ3v) is 13.2. The maximum atomic E-state index is 13.8. The van der Waals surface area contributed by atoms with Crippen molar-refractivity contribution in [1.82, 2.24) is 4.90 Å². The van der Waals surface area contributed by atoms with Crippen molar-refractivity contribution in [2.45, 2.75) is 80.6 Å². The molecule has 7 rings (SSSR count). The van der Waals surface area contributed by atoms with E-state index in [4.69, 9.17) is 28.4 Å². The van der Waals surface area contributed by atoms with Gasteiger partial charge in [0.1, 0.15) is 23.9 Å². The maximum Gasteiger partial charge on any atom is 0.338 e. The Kier molecular flexibility index (Phi) is 7.69. The molecule has 0 radical (unpaired) electrons. The van der Waals surface area contributed by atoms with E-state index in [1.54, 1.807) is 51.7 Å². The predicted octanol–water partition coefficient (Wildman–Crippen LogP) is 0.648. The van der Waals surface area contributed by atoms with E-state index in [1.807, 2.05) is 6.92 Å². The minimum atomic E-state index is -1.83. The highest BCUT2D eigenvalue weighted by atomic mass is 16.6. The van der Waals surface area contributed by atoms with Gasteiger partial charge in [-0.25, -0.2) is 4.79 Å². The summed E-state index contributed by atoms with van der Waals surface area (Å²) in [6.07, 6.45) is -5.49. The van der Waals surface area contributed by atoms with Gasteiger partial charge < -0.3 is 43.7 Å². The molecule has 12 heteroatoms. The molecule has 1 aromatic rings. The minimum absolute atomic E-state index is 0.0791. The van der Waals surface area contributed by atoms with E-state index in [2.05, 4.69) is 4.90 Å². The number of carbonyl (C=O) groups is 2. The Morgan fingerprint density at radius 2 is 1.72 bits per heavy atom. The third-order valence-electron chi connectivity index (χ3n) is 13.2. The van der Waals surface area contributed by atoms with Crippen LogP contribution in [0.25, 0.3) is 0 Å². The maximum absolute atomic E-state index is 13.8. The first kappa shape index (κ1) is 32.4. The molecule has 15 atom stereocenters. The van der Waals surface area contributed by atoms with Crippen molar-refractivity contribution in [3.05, 3.63) is 35.9 Å². The number of likely N-dealkylation sites (tertiary alicyclic amines) is 1. The molecular weight excluding hydrogens is 598 g/mol. The molecule has 5 saturated carbocycles. The number of aliphatic hydroxyl groups is 3. The van der Waals surface area contributed by atoms with Gasteiger partial charge in [0.05, 0.1) is 30.5 Å². The van der Waals surface area contributed by atoms with Crippen molar-refractivity contribution in [3.8, 4) is 0 Å². The smallest absolute Gasteiger partial charge is 0.338 e. The number of hydrogen-bond acceptors (Lipinski definition) is 12. The van der Waals surface area contributed by atoms with Crippen LogP contribution in [0, 0.1) is 34.5 Å². The highest BCUT2D eigenvalue weighted by Crippen LogP contribution is 2.80. The lowest BCUT2D eigenvalue weighted by Gasteiger charge is -2.70. The van der Waals surface area contributed by atoms with Gasteiger partial charge >= 0.3 is 11.9 Å². The summed E-state index contributed by atoms with van der Waals surface area (Å²) in [5.74, 6) is -3.65. The lowest BCUT2D eigenvalue weighted by Crippen LogP contribution is -2.81. The molecule has 4 unspecified atom stereocenters. The van der Waals surface area contributed by atoms with Gasteiger partial charge in [0.25, 0.3) is 0 Å². The SMILES string of the molecule is CCN1C[C@]2(COC)[C@H](O)C[C@H](OC)C34C1C([C@H](OC)[C@@H]32)[C@@]1(OC(C)=O)[C@@H](O)[C@H](OC)[C@@]2(O)C[C@@H]4[C@@H]1C2OC(=O)c1ccccc1. The van der Waals surface area contributed by atoms with Crippen LogP contribution in [0.2, 0.25) is 0 Å². The minimum Gasteiger partial charge on any atom is -0.455 e. The topological polar surface area (TPSA) is 153 Å². The molecule has 254 valence electrons. The number of methoxy groups -OCH3 is 4. The van der Waals surface area contributed by atoms with Crippen LogP contribution in [-0.4, -0.2) is 134 Å². The summed E-state index contributed by atoms with van der Waals surface area (Å²) in [5, 5.41) is 37.3. The van der Waals surface area contributed by atoms with Gasteiger partial charge in [-0.2, -0.15) is 0 Å². The molecule has 6 aliphatic rings. The van der Waals surface area contributed by atoms with E-state index < -0.39 is 88.3 Å². The number of esters is 2. The van der Waals surface area contributed by atoms with E-state index in [9.17, 15) is 24.9 Å². The summed E-state index contributed by atoms with van der Waals surface area (Å²) in [6.45, 7) is 4.68. The first-order chi connectivity index (χ1) is 22.0. The second kappa shape index (κ2) is 10.9. The zero-order chi connectivity index (χ0) is 33.0. The van der Waals surface area contributed by atoms with Gasteiger partial charge in [-0.05, 0) is 31.0 Å². The molecule has 46 heavy (non-hydrogen) atoms. The molecule has 1 heterocycles. The number of carbonyl (C=O) groups excluding carboxylic acids is 2. The van der Waals surface area contributed by atoms with E-state index in [1.165, 1.54) is 14.0 Å². The van der Waals surface area contributed by atoms with Crippen LogP contribution in [0.15, 0.2) is 30.3 Å². The molecule has 6 fully saturated rings. The lowest BCUT2D eigenvalue weighted by atomic mass is 9.42. The molecule has 1 spiro atoms. The number of aliphatic hydroxyl groups excluding tert-OH is 2. The summed E-state index contributed by atoms with van der Waals surface area (Å²) in [5.41, 5.74) is -4.79. The molecular formula is C34H47NO11. The van der Waals surface area contributed by atoms with Crippen molar-refractivity contribution in [2.75, 3.05) is 48.1 Å². The summed E-state index contributed by atoms with van der Waals surface area (Å²) in [7, 11) is 6.27. The highest BCUT2D eigenvalue weighted by Gasteiger charge is 2.92. The van der Waals surface area contributed by atoms with Crippen LogP contribution in [0.3, 0.4) is 0 Å². The van der Waals surface area contributed by atoms with Crippen LogP contribution >= 0.6 is 0 Å². The molecule has 7 bridgehead atoms. The van der Waals surface area contributed by atoms with Crippen LogP contribution in [-0.2, 0) is 33.2 Å². The van der Waals surface area contributed by atoms with E-state index >= 15 is 0 Å². The van der Waals surface area contributed by atoms with Crippen LogP contribution in [0.4, 0.5) is 0 Å². The quantitative estimate of drug-likeness (QED) is 0.323. The monoisotopic (exact) mass is 645 g/mol. The third kappa shape index (κ3) is 3.62. The number of hydrogen-bond donors (Lipinski definition) is 3. The predicted molar refractivity (Wildman–Crippen MR) is 160 cm³/mol. The summed E-state index contributed by atoms with van der Waals surface area (Å²) in [4.78, 5) is 29.3. The van der Waals surface area contributed by atoms with Crippen molar-refractivity contribution in [2.24, 2.45) is 34.5 Å². The largest absolute Gasteiger partial charge is 0.455 e. The standard InChI is InChI=1S/C34H47NO11/c1-7-35-15-31(16-41-3)20(37)13-21(42-4)33-19-14-32(40)28(45-30(39)18-11-9-8-10-12-18)22(19)34(46-17(2)36,27(38)29(32)44-6)23(26(33)35)24(43-5)25(31)33/h8-12,19-29,37-38,40H,7,13-16H2,1-6H3/t19-,20-,21+,22-,23?,24+,25-,26?,27+,28?,29+,31+,32-,33?,34-/m1/s1. The summed E-state index contributed by atoms with van der Waals surface area (Å²) >= 11 is 0. The molecule has 1 saturated heterocycles. The summed E-state index contributed by atoms with van der Waals surface area (Å²) in [6, 6.07) is 8.18. The van der Waals surface area contributed by atoms with Gasteiger partial charge in [-0.1, -0.05) is 25.1 Å². The Balaban J connectivity index is 1.53. The Labute approximate surface area is 269 Å². The van der Waals surface area contributed by atoms with Crippen LogP contribution < -0.4 is 0 Å². The van der Waals surface area contributed by atoms with Crippen LogP contribution in [0.1, 0.15) is 37.0 Å². The average molecular weight is 646 g/mol. The number of nitrogens with zero attached hydrogens (tertiary/aromatic N) is 1. The molecule has 1 aromatic carbocycles. The van der Waals surface area contributed by atoms with Gasteiger partial charge in [0.15, 0.2) is 5.60 Å². The molecule has 12 nitrogen and oxygen atoms in total. The first-order valence-electron chi connectivity index (χ1n) is 16.3. The van der Waals surface area contributed by atoms with Crippen molar-refractivity contribution in [1.29, 1.82) is 0 Å². The molecule has 5 aliphatic carbocycles. The Morgan fingerprint density at radius 3 is 2.30 bits per heavy atom. The normalized spacial score (nSPS) is 49.9. The van der Waals surface area contributed by atoms with Crippen LogP contribution in [0.5, 0.6) is 0 Å². The fraction of sp³-hybridized carbons (Fsp3) is 0.765. The van der Waals surface area contributed by atoms with Gasteiger partial charge in [-0.15, -0.1) is 0 Å². The highest BCUT2D eigenvalue weighted by molar-refractivity contribution is 5.89.